The predicted octanol–water partition coefficient (Wildman–Crippen LogP) is 3.78. The second kappa shape index (κ2) is 7.25. The van der Waals surface area contributed by atoms with Crippen LogP contribution in [0.25, 0.3) is 11.0 Å². The summed E-state index contributed by atoms with van der Waals surface area (Å²) >= 11 is 6.28. The molecule has 0 saturated carbocycles. The van der Waals surface area contributed by atoms with Crippen LogP contribution in [0.4, 0.5) is 5.69 Å². The van der Waals surface area contributed by atoms with E-state index in [-0.39, 0.29) is 5.63 Å². The van der Waals surface area contributed by atoms with Crippen LogP contribution in [-0.4, -0.2) is 36.2 Å². The lowest BCUT2D eigenvalue weighted by molar-refractivity contribution is 0.249. The molecular formula is C21H21ClN2O3. The molecule has 4 rings (SSSR count). The smallest absolute Gasteiger partial charge is 0.336 e. The van der Waals surface area contributed by atoms with Crippen LogP contribution >= 0.6 is 11.6 Å². The second-order valence-electron chi connectivity index (χ2n) is 6.94. The Bertz CT molecular complexity index is 1040. The Labute approximate surface area is 162 Å². The van der Waals surface area contributed by atoms with Gasteiger partial charge in [0.1, 0.15) is 11.3 Å². The third kappa shape index (κ3) is 3.66. The maximum Gasteiger partial charge on any atom is 0.336 e. The number of phenolic OH excluding ortho intramolecular Hbond substituents is 1. The highest BCUT2D eigenvalue weighted by atomic mass is 35.5. The molecule has 27 heavy (non-hydrogen) atoms. The number of rotatable bonds is 3. The maximum atomic E-state index is 12.0. The molecule has 2 aromatic carbocycles. The lowest BCUT2D eigenvalue weighted by Gasteiger charge is -2.36. The highest BCUT2D eigenvalue weighted by Gasteiger charge is 2.20. The SMILES string of the molecule is Cc1cc2oc(=O)cc(CN3CCN(c4ccccc4O)CC3)c2cc1Cl. The quantitative estimate of drug-likeness (QED) is 0.696. The van der Waals surface area contributed by atoms with Crippen molar-refractivity contribution in [2.24, 2.45) is 0 Å². The van der Waals surface area contributed by atoms with Crippen molar-refractivity contribution in [1.82, 2.24) is 4.90 Å². The molecular weight excluding hydrogens is 364 g/mol. The number of hydrogen-bond acceptors (Lipinski definition) is 5. The lowest BCUT2D eigenvalue weighted by atomic mass is 10.1. The zero-order valence-electron chi connectivity index (χ0n) is 15.1. The van der Waals surface area contributed by atoms with Crippen molar-refractivity contribution >= 4 is 28.3 Å². The lowest BCUT2D eigenvalue weighted by Crippen LogP contribution is -2.46. The van der Waals surface area contributed by atoms with Gasteiger partial charge >= 0.3 is 5.63 Å². The third-order valence-corrected chi connectivity index (χ3v) is 5.51. The molecule has 2 heterocycles. The maximum absolute atomic E-state index is 12.0. The van der Waals surface area contributed by atoms with Gasteiger partial charge in [-0.1, -0.05) is 23.7 Å². The van der Waals surface area contributed by atoms with E-state index >= 15 is 0 Å². The standard InChI is InChI=1S/C21H21ClN2O3/c1-14-10-20-16(12-17(14)22)15(11-21(26)27-20)13-23-6-8-24(9-7-23)18-4-2-3-5-19(18)25/h2-5,10-12,25H,6-9,13H2,1H3. The summed E-state index contributed by atoms with van der Waals surface area (Å²) < 4.78 is 5.35. The van der Waals surface area contributed by atoms with Gasteiger partial charge in [-0.2, -0.15) is 0 Å². The van der Waals surface area contributed by atoms with Crippen LogP contribution in [0.3, 0.4) is 0 Å². The van der Waals surface area contributed by atoms with Gasteiger partial charge in [-0.25, -0.2) is 4.79 Å². The molecule has 3 aromatic rings. The molecule has 6 heteroatoms. The minimum absolute atomic E-state index is 0.308. The van der Waals surface area contributed by atoms with Gasteiger partial charge in [0, 0.05) is 49.2 Å². The highest BCUT2D eigenvalue weighted by Crippen LogP contribution is 2.29. The Morgan fingerprint density at radius 1 is 1.11 bits per heavy atom. The molecule has 0 amide bonds. The monoisotopic (exact) mass is 384 g/mol. The van der Waals surface area contributed by atoms with E-state index in [0.29, 0.717) is 22.9 Å². The molecule has 0 atom stereocenters. The molecule has 1 aliphatic rings. The van der Waals surface area contributed by atoms with E-state index in [0.717, 1.165) is 48.4 Å². The van der Waals surface area contributed by atoms with Gasteiger partial charge in [0.05, 0.1) is 5.69 Å². The molecule has 1 aliphatic heterocycles. The third-order valence-electron chi connectivity index (χ3n) is 5.10. The fraction of sp³-hybridized carbons (Fsp3) is 0.286. The Morgan fingerprint density at radius 3 is 2.59 bits per heavy atom. The topological polar surface area (TPSA) is 56.9 Å². The summed E-state index contributed by atoms with van der Waals surface area (Å²) in [7, 11) is 0. The zero-order valence-corrected chi connectivity index (χ0v) is 15.9. The number of fused-ring (bicyclic) bond motifs is 1. The van der Waals surface area contributed by atoms with Gasteiger partial charge < -0.3 is 14.4 Å². The van der Waals surface area contributed by atoms with Gasteiger partial charge in [0.2, 0.25) is 0 Å². The van der Waals surface area contributed by atoms with Crippen molar-refractivity contribution < 1.29 is 9.52 Å². The van der Waals surface area contributed by atoms with Crippen LogP contribution in [0.2, 0.25) is 5.02 Å². The summed E-state index contributed by atoms with van der Waals surface area (Å²) in [5.41, 5.74) is 2.92. The molecule has 1 N–H and O–H groups in total. The number of anilines is 1. The average molecular weight is 385 g/mol. The first kappa shape index (κ1) is 17.9. The molecule has 0 unspecified atom stereocenters. The molecule has 1 saturated heterocycles. The van der Waals surface area contributed by atoms with Crippen molar-refractivity contribution in [3.05, 3.63) is 69.0 Å². The van der Waals surface area contributed by atoms with Crippen LogP contribution in [0.15, 0.2) is 51.7 Å². The number of piperazine rings is 1. The Morgan fingerprint density at radius 2 is 1.85 bits per heavy atom. The molecule has 5 nitrogen and oxygen atoms in total. The van der Waals surface area contributed by atoms with E-state index in [1.54, 1.807) is 12.1 Å². The molecule has 0 radical (unpaired) electrons. The Balaban J connectivity index is 1.53. The van der Waals surface area contributed by atoms with Crippen molar-refractivity contribution in [1.29, 1.82) is 0 Å². The van der Waals surface area contributed by atoms with Crippen molar-refractivity contribution in [3.63, 3.8) is 0 Å². The van der Waals surface area contributed by atoms with Gasteiger partial charge in [-0.05, 0) is 42.3 Å². The van der Waals surface area contributed by atoms with Gasteiger partial charge in [-0.15, -0.1) is 0 Å². The predicted molar refractivity (Wildman–Crippen MR) is 108 cm³/mol. The fourth-order valence-electron chi connectivity index (χ4n) is 3.60. The van der Waals surface area contributed by atoms with E-state index in [9.17, 15) is 9.90 Å². The van der Waals surface area contributed by atoms with Gasteiger partial charge in [0.25, 0.3) is 0 Å². The van der Waals surface area contributed by atoms with E-state index in [1.165, 1.54) is 0 Å². The van der Waals surface area contributed by atoms with Crippen LogP contribution in [0.5, 0.6) is 5.75 Å². The molecule has 0 bridgehead atoms. The normalized spacial score (nSPS) is 15.4. The molecule has 0 spiro atoms. The van der Waals surface area contributed by atoms with E-state index in [2.05, 4.69) is 9.80 Å². The Kier molecular flexibility index (Phi) is 4.81. The van der Waals surface area contributed by atoms with E-state index < -0.39 is 0 Å². The number of aromatic hydroxyl groups is 1. The number of benzene rings is 2. The van der Waals surface area contributed by atoms with Crippen LogP contribution < -0.4 is 10.5 Å². The van der Waals surface area contributed by atoms with Gasteiger partial charge in [-0.3, -0.25) is 4.90 Å². The number of para-hydroxylation sites is 2. The summed E-state index contributed by atoms with van der Waals surface area (Å²) in [4.78, 5) is 16.5. The highest BCUT2D eigenvalue weighted by molar-refractivity contribution is 6.32. The van der Waals surface area contributed by atoms with Crippen LogP contribution in [0, 0.1) is 6.92 Å². The first-order chi connectivity index (χ1) is 13.0. The fourth-order valence-corrected chi connectivity index (χ4v) is 3.76. The number of hydrogen-bond donors (Lipinski definition) is 1. The largest absolute Gasteiger partial charge is 0.506 e. The first-order valence-corrected chi connectivity index (χ1v) is 9.37. The first-order valence-electron chi connectivity index (χ1n) is 8.99. The van der Waals surface area contributed by atoms with E-state index in [4.69, 9.17) is 16.0 Å². The Hall–Kier alpha value is -2.50. The van der Waals surface area contributed by atoms with E-state index in [1.807, 2.05) is 37.3 Å². The van der Waals surface area contributed by atoms with Gasteiger partial charge in [0.15, 0.2) is 0 Å². The molecule has 0 aliphatic carbocycles. The average Bonchev–Trinajstić information content (AvgIpc) is 2.64. The molecule has 140 valence electrons. The summed E-state index contributed by atoms with van der Waals surface area (Å²) in [6.45, 7) is 5.88. The number of halogens is 1. The number of nitrogens with zero attached hydrogens (tertiary/aromatic N) is 2. The van der Waals surface area contributed by atoms with Crippen molar-refractivity contribution in [2.45, 2.75) is 13.5 Å². The second-order valence-corrected chi connectivity index (χ2v) is 7.35. The number of phenols is 1. The van der Waals surface area contributed by atoms with Crippen LogP contribution in [0.1, 0.15) is 11.1 Å². The zero-order chi connectivity index (χ0) is 19.0. The summed E-state index contributed by atoms with van der Waals surface area (Å²) in [6.07, 6.45) is 0. The minimum atomic E-state index is -0.341. The minimum Gasteiger partial charge on any atom is -0.506 e. The van der Waals surface area contributed by atoms with Crippen molar-refractivity contribution in [2.75, 3.05) is 31.1 Å². The summed E-state index contributed by atoms with van der Waals surface area (Å²) in [5.74, 6) is 0.308. The van der Waals surface area contributed by atoms with Crippen LogP contribution in [-0.2, 0) is 6.54 Å². The van der Waals surface area contributed by atoms with Crippen molar-refractivity contribution in [3.8, 4) is 5.75 Å². The molecule has 1 fully saturated rings. The molecule has 1 aromatic heterocycles. The summed E-state index contributed by atoms with van der Waals surface area (Å²) in [6, 6.07) is 12.7. The summed E-state index contributed by atoms with van der Waals surface area (Å²) in [5, 5.41) is 11.6. The number of aryl methyl sites for hydroxylation is 1.